The van der Waals surface area contributed by atoms with Crippen LogP contribution in [0.4, 0.5) is 0 Å². The van der Waals surface area contributed by atoms with Gasteiger partial charge in [0.15, 0.2) is 5.41 Å². The number of hydrogen-bond donors (Lipinski definition) is 0. The molecule has 1 aliphatic carbocycles. The standard InChI is InChI=1S/C34H29NO4/c1-3-38-32(36)34(33(37)39-4-2)19-25-26(20-34)30(23-15-9-6-10-16-23)31-24-17-11-12-18-28(24)35-21-27(31)29(25)22-13-7-5-8-14-22/h5-18,21H,3-4,19-20H2,1-2H3. The topological polar surface area (TPSA) is 65.5 Å². The maximum atomic E-state index is 13.6. The van der Waals surface area contributed by atoms with Crippen molar-refractivity contribution in [2.45, 2.75) is 26.7 Å². The number of aromatic nitrogens is 1. The first-order valence-corrected chi connectivity index (χ1v) is 13.4. The molecule has 5 nitrogen and oxygen atoms in total. The highest BCUT2D eigenvalue weighted by Crippen LogP contribution is 2.52. The van der Waals surface area contributed by atoms with Gasteiger partial charge in [0.2, 0.25) is 0 Å². The van der Waals surface area contributed by atoms with Crippen LogP contribution in [0.15, 0.2) is 91.1 Å². The summed E-state index contributed by atoms with van der Waals surface area (Å²) in [4.78, 5) is 32.1. The minimum absolute atomic E-state index is 0.184. The number of carbonyl (C=O) groups is 2. The summed E-state index contributed by atoms with van der Waals surface area (Å²) in [6.07, 6.45) is 2.34. The van der Waals surface area contributed by atoms with Crippen molar-refractivity contribution in [1.82, 2.24) is 4.98 Å². The molecule has 0 fully saturated rings. The lowest BCUT2D eigenvalue weighted by molar-refractivity contribution is -0.171. The van der Waals surface area contributed by atoms with Crippen molar-refractivity contribution in [1.29, 1.82) is 0 Å². The molecule has 194 valence electrons. The van der Waals surface area contributed by atoms with Gasteiger partial charge in [-0.3, -0.25) is 14.6 Å². The number of ether oxygens (including phenoxy) is 2. The molecule has 0 spiro atoms. The molecule has 0 bridgehead atoms. The van der Waals surface area contributed by atoms with Gasteiger partial charge in [0.1, 0.15) is 0 Å². The maximum Gasteiger partial charge on any atom is 0.324 e. The van der Waals surface area contributed by atoms with E-state index < -0.39 is 17.4 Å². The Labute approximate surface area is 227 Å². The van der Waals surface area contributed by atoms with Gasteiger partial charge in [-0.15, -0.1) is 0 Å². The number of pyridine rings is 1. The number of fused-ring (bicyclic) bond motifs is 4. The van der Waals surface area contributed by atoms with Gasteiger partial charge >= 0.3 is 11.9 Å². The van der Waals surface area contributed by atoms with Crippen LogP contribution in [-0.4, -0.2) is 30.1 Å². The first-order valence-electron chi connectivity index (χ1n) is 13.4. The van der Waals surface area contributed by atoms with Crippen molar-refractivity contribution >= 4 is 33.6 Å². The summed E-state index contributed by atoms with van der Waals surface area (Å²) >= 11 is 0. The zero-order chi connectivity index (χ0) is 27.0. The van der Waals surface area contributed by atoms with E-state index in [0.717, 1.165) is 55.1 Å². The maximum absolute atomic E-state index is 13.6. The van der Waals surface area contributed by atoms with Crippen molar-refractivity contribution in [3.63, 3.8) is 0 Å². The molecule has 0 saturated heterocycles. The van der Waals surface area contributed by atoms with Crippen LogP contribution >= 0.6 is 0 Å². The minimum atomic E-state index is -1.46. The molecule has 1 aromatic heterocycles. The Bertz CT molecular complexity index is 1690. The fourth-order valence-electron chi connectivity index (χ4n) is 6.04. The van der Waals surface area contributed by atoms with E-state index in [1.54, 1.807) is 13.8 Å². The van der Waals surface area contributed by atoms with Crippen molar-refractivity contribution in [2.75, 3.05) is 13.2 Å². The molecule has 0 unspecified atom stereocenters. The average molecular weight is 516 g/mol. The average Bonchev–Trinajstić information content (AvgIpc) is 3.38. The third-order valence-electron chi connectivity index (χ3n) is 7.68. The summed E-state index contributed by atoms with van der Waals surface area (Å²) < 4.78 is 11.1. The van der Waals surface area contributed by atoms with Gasteiger partial charge in [0, 0.05) is 35.2 Å². The number of benzene rings is 4. The molecule has 4 aromatic carbocycles. The molecule has 0 atom stereocenters. The van der Waals surface area contributed by atoms with E-state index in [4.69, 9.17) is 14.5 Å². The third kappa shape index (κ3) is 3.97. The van der Waals surface area contributed by atoms with Crippen LogP contribution in [0, 0.1) is 5.41 Å². The van der Waals surface area contributed by atoms with Crippen LogP contribution in [0.5, 0.6) is 0 Å². The quantitative estimate of drug-likeness (QED) is 0.139. The van der Waals surface area contributed by atoms with Crippen LogP contribution in [0.25, 0.3) is 43.9 Å². The number of hydrogen-bond acceptors (Lipinski definition) is 5. The second kappa shape index (κ2) is 9.99. The number of nitrogens with zero attached hydrogens (tertiary/aromatic N) is 1. The molecular formula is C34H29NO4. The molecule has 6 rings (SSSR count). The Kier molecular flexibility index (Phi) is 6.35. The third-order valence-corrected chi connectivity index (χ3v) is 7.68. The first-order chi connectivity index (χ1) is 19.1. The second-order valence-electron chi connectivity index (χ2n) is 9.88. The Balaban J connectivity index is 1.78. The van der Waals surface area contributed by atoms with Crippen LogP contribution in [0.1, 0.15) is 25.0 Å². The number of esters is 2. The van der Waals surface area contributed by atoms with Gasteiger partial charge in [-0.25, -0.2) is 0 Å². The number of carbonyl (C=O) groups excluding carboxylic acids is 2. The molecule has 0 saturated carbocycles. The lowest BCUT2D eigenvalue weighted by atomic mass is 9.84. The lowest BCUT2D eigenvalue weighted by Crippen LogP contribution is -2.43. The Hall–Kier alpha value is -4.51. The largest absolute Gasteiger partial charge is 0.465 e. The number of rotatable bonds is 6. The summed E-state index contributed by atoms with van der Waals surface area (Å²) in [5, 5.41) is 3.08. The Morgan fingerprint density at radius 3 is 1.79 bits per heavy atom. The Morgan fingerprint density at radius 1 is 0.692 bits per heavy atom. The van der Waals surface area contributed by atoms with E-state index >= 15 is 0 Å². The first kappa shape index (κ1) is 24.8. The highest BCUT2D eigenvalue weighted by atomic mass is 16.6. The predicted molar refractivity (Wildman–Crippen MR) is 153 cm³/mol. The van der Waals surface area contributed by atoms with Crippen molar-refractivity contribution in [2.24, 2.45) is 5.41 Å². The summed E-state index contributed by atoms with van der Waals surface area (Å²) in [5.41, 5.74) is 5.43. The number of para-hydroxylation sites is 1. The van der Waals surface area contributed by atoms with Gasteiger partial charge < -0.3 is 9.47 Å². The van der Waals surface area contributed by atoms with Gasteiger partial charge in [0.25, 0.3) is 0 Å². The monoisotopic (exact) mass is 515 g/mol. The zero-order valence-corrected chi connectivity index (χ0v) is 22.1. The molecule has 1 heterocycles. The van der Waals surface area contributed by atoms with E-state index in [9.17, 15) is 9.59 Å². The Morgan fingerprint density at radius 2 is 1.21 bits per heavy atom. The van der Waals surface area contributed by atoms with Gasteiger partial charge in [-0.05, 0) is 53.3 Å². The van der Waals surface area contributed by atoms with E-state index in [2.05, 4.69) is 30.3 Å². The molecule has 5 aromatic rings. The molecule has 0 amide bonds. The van der Waals surface area contributed by atoms with E-state index in [1.807, 2.05) is 60.8 Å². The minimum Gasteiger partial charge on any atom is -0.465 e. The fourth-order valence-corrected chi connectivity index (χ4v) is 6.04. The van der Waals surface area contributed by atoms with Gasteiger partial charge in [-0.2, -0.15) is 0 Å². The molecule has 0 radical (unpaired) electrons. The summed E-state index contributed by atoms with van der Waals surface area (Å²) in [6.45, 7) is 3.89. The SMILES string of the molecule is CCOC(=O)C1(C(=O)OCC)Cc2c(c(-c3ccccc3)c3c(cnc4ccccc43)c2-c2ccccc2)C1. The fraction of sp³-hybridized carbons (Fsp3) is 0.206. The van der Waals surface area contributed by atoms with Crippen LogP contribution in [-0.2, 0) is 31.9 Å². The van der Waals surface area contributed by atoms with Crippen LogP contribution in [0.2, 0.25) is 0 Å². The molecule has 1 aliphatic rings. The highest BCUT2D eigenvalue weighted by molar-refractivity contribution is 6.19. The summed E-state index contributed by atoms with van der Waals surface area (Å²) in [7, 11) is 0. The van der Waals surface area contributed by atoms with Crippen molar-refractivity contribution < 1.29 is 19.1 Å². The smallest absolute Gasteiger partial charge is 0.324 e. The molecule has 5 heteroatoms. The van der Waals surface area contributed by atoms with Crippen molar-refractivity contribution in [3.8, 4) is 22.3 Å². The molecular weight excluding hydrogens is 486 g/mol. The van der Waals surface area contributed by atoms with Crippen LogP contribution < -0.4 is 0 Å². The summed E-state index contributed by atoms with van der Waals surface area (Å²) in [6, 6.07) is 28.4. The normalized spacial score (nSPS) is 13.8. The summed E-state index contributed by atoms with van der Waals surface area (Å²) in [5.74, 6) is -1.07. The van der Waals surface area contributed by atoms with E-state index in [1.165, 1.54) is 0 Å². The van der Waals surface area contributed by atoms with Gasteiger partial charge in [-0.1, -0.05) is 78.9 Å². The molecule has 39 heavy (non-hydrogen) atoms. The van der Waals surface area contributed by atoms with Crippen molar-refractivity contribution in [3.05, 3.63) is 102 Å². The second-order valence-corrected chi connectivity index (χ2v) is 9.88. The lowest BCUT2D eigenvalue weighted by Gasteiger charge is -2.24. The van der Waals surface area contributed by atoms with E-state index in [-0.39, 0.29) is 26.1 Å². The molecule has 0 aliphatic heterocycles. The predicted octanol–water partition coefficient (Wildman–Crippen LogP) is 6.93. The van der Waals surface area contributed by atoms with Gasteiger partial charge in [0.05, 0.1) is 18.7 Å². The highest BCUT2D eigenvalue weighted by Gasteiger charge is 2.54. The molecule has 0 N–H and O–H groups in total. The van der Waals surface area contributed by atoms with Crippen LogP contribution in [0.3, 0.4) is 0 Å². The van der Waals surface area contributed by atoms with E-state index in [0.29, 0.717) is 0 Å². The zero-order valence-electron chi connectivity index (χ0n) is 22.1.